The maximum absolute atomic E-state index is 12.8. The summed E-state index contributed by atoms with van der Waals surface area (Å²) in [5.41, 5.74) is 2.20. The van der Waals surface area contributed by atoms with Gasteiger partial charge in [-0.15, -0.1) is 0 Å². The number of aromatic nitrogens is 3. The number of carbonyl (C=O) groups excluding carboxylic acids is 1. The van der Waals surface area contributed by atoms with Crippen molar-refractivity contribution in [3.05, 3.63) is 106 Å². The fourth-order valence-corrected chi connectivity index (χ4v) is 4.93. The van der Waals surface area contributed by atoms with Gasteiger partial charge in [0.05, 0.1) is 26.9 Å². The number of hydrogen-bond donors (Lipinski definition) is 1. The maximum atomic E-state index is 12.8. The Balaban J connectivity index is 1.35. The van der Waals surface area contributed by atoms with Crippen molar-refractivity contribution in [2.75, 3.05) is 0 Å². The summed E-state index contributed by atoms with van der Waals surface area (Å²) in [6.45, 7) is 1.82. The Morgan fingerprint density at radius 3 is 2.32 bits per heavy atom. The lowest BCUT2D eigenvalue weighted by molar-refractivity contribution is 0.0474. The van der Waals surface area contributed by atoms with Crippen molar-refractivity contribution < 1.29 is 17.9 Å². The molecule has 0 atom stereocenters. The van der Waals surface area contributed by atoms with Gasteiger partial charge in [0.2, 0.25) is 9.84 Å². The third kappa shape index (κ3) is 3.75. The highest BCUT2D eigenvalue weighted by Gasteiger charge is 2.19. The number of esters is 1. The number of benzene rings is 3. The number of carbonyl (C=O) groups is 1. The predicted molar refractivity (Wildman–Crippen MR) is 126 cm³/mol. The van der Waals surface area contributed by atoms with Crippen molar-refractivity contribution in [1.29, 1.82) is 0 Å². The van der Waals surface area contributed by atoms with Crippen LogP contribution in [-0.4, -0.2) is 29.0 Å². The van der Waals surface area contributed by atoms with Crippen molar-refractivity contribution in [1.82, 2.24) is 14.6 Å². The van der Waals surface area contributed by atoms with Crippen LogP contribution in [0.25, 0.3) is 16.6 Å². The number of fused-ring (bicyclic) bond motifs is 3. The number of para-hydroxylation sites is 1. The van der Waals surface area contributed by atoms with Crippen molar-refractivity contribution in [3.63, 3.8) is 0 Å². The first-order valence-corrected chi connectivity index (χ1v) is 11.9. The minimum atomic E-state index is -3.64. The first-order chi connectivity index (χ1) is 16.3. The highest BCUT2D eigenvalue weighted by molar-refractivity contribution is 7.91. The van der Waals surface area contributed by atoms with Gasteiger partial charge in [-0.3, -0.25) is 4.79 Å². The molecule has 0 aliphatic carbocycles. The Kier molecular flexibility index (Phi) is 5.25. The minimum absolute atomic E-state index is 0.0706. The van der Waals surface area contributed by atoms with E-state index in [1.807, 2.05) is 6.92 Å². The van der Waals surface area contributed by atoms with E-state index in [1.54, 1.807) is 60.7 Å². The third-order valence-corrected chi connectivity index (χ3v) is 7.32. The van der Waals surface area contributed by atoms with Crippen LogP contribution in [0.4, 0.5) is 0 Å². The van der Waals surface area contributed by atoms with Crippen molar-refractivity contribution >= 4 is 32.4 Å². The zero-order valence-electron chi connectivity index (χ0n) is 18.1. The smallest absolute Gasteiger partial charge is 0.343 e. The number of aryl methyl sites for hydroxylation is 1. The third-order valence-electron chi connectivity index (χ3n) is 5.53. The molecule has 0 amide bonds. The summed E-state index contributed by atoms with van der Waals surface area (Å²) in [5, 5.41) is 4.67. The van der Waals surface area contributed by atoms with Gasteiger partial charge in [0.1, 0.15) is 12.2 Å². The zero-order valence-corrected chi connectivity index (χ0v) is 18.9. The molecule has 3 aromatic carbocycles. The summed E-state index contributed by atoms with van der Waals surface area (Å²) in [7, 11) is -3.64. The van der Waals surface area contributed by atoms with Crippen LogP contribution in [0.2, 0.25) is 0 Å². The standard InChI is InChI=1S/C25H19N3O5S/c1-16-6-10-18(11-7-16)34(31,32)19-12-8-17(9-13-19)15-33-25(30)21-14-26-28-22-5-3-2-4-20(22)24(29)27-23(21)28/h2-14H,15H2,1H3,(H,27,29). The number of ether oxygens (including phenoxy) is 1. The fraction of sp³-hybridized carbons (Fsp3) is 0.0800. The van der Waals surface area contributed by atoms with Gasteiger partial charge in [-0.05, 0) is 48.9 Å². The second-order valence-corrected chi connectivity index (χ2v) is 9.78. The summed E-state index contributed by atoms with van der Waals surface area (Å²) in [6.07, 6.45) is 1.34. The molecule has 8 nitrogen and oxygen atoms in total. The van der Waals surface area contributed by atoms with Crippen LogP contribution in [0.1, 0.15) is 21.5 Å². The molecule has 5 rings (SSSR count). The molecule has 0 saturated heterocycles. The SMILES string of the molecule is Cc1ccc(S(=O)(=O)c2ccc(COC(=O)c3cnn4c3[nH]c(=O)c3ccccc34)cc2)cc1. The van der Waals surface area contributed by atoms with Gasteiger partial charge in [-0.25, -0.2) is 17.7 Å². The molecular weight excluding hydrogens is 454 g/mol. The molecule has 34 heavy (non-hydrogen) atoms. The van der Waals surface area contributed by atoms with E-state index in [0.29, 0.717) is 16.5 Å². The zero-order chi connectivity index (χ0) is 23.9. The molecule has 1 N–H and O–H groups in total. The van der Waals surface area contributed by atoms with Gasteiger partial charge in [-0.1, -0.05) is 42.0 Å². The number of nitrogens with zero attached hydrogens (tertiary/aromatic N) is 2. The van der Waals surface area contributed by atoms with Gasteiger partial charge in [0, 0.05) is 0 Å². The Hall–Kier alpha value is -4.24. The lowest BCUT2D eigenvalue weighted by Crippen LogP contribution is -2.12. The highest BCUT2D eigenvalue weighted by Crippen LogP contribution is 2.22. The summed E-state index contributed by atoms with van der Waals surface area (Å²) in [4.78, 5) is 28.1. The summed E-state index contributed by atoms with van der Waals surface area (Å²) in [6, 6.07) is 19.8. The topological polar surface area (TPSA) is 111 Å². The van der Waals surface area contributed by atoms with Crippen LogP contribution >= 0.6 is 0 Å². The van der Waals surface area contributed by atoms with E-state index in [9.17, 15) is 18.0 Å². The summed E-state index contributed by atoms with van der Waals surface area (Å²) < 4.78 is 32.5. The number of sulfone groups is 1. The normalized spacial score (nSPS) is 11.7. The first kappa shape index (κ1) is 21.6. The van der Waals surface area contributed by atoms with E-state index in [0.717, 1.165) is 5.56 Å². The molecule has 9 heteroatoms. The monoisotopic (exact) mass is 473 g/mol. The molecule has 0 aliphatic heterocycles. The second-order valence-electron chi connectivity index (χ2n) is 7.83. The largest absolute Gasteiger partial charge is 0.457 e. The van der Waals surface area contributed by atoms with Crippen LogP contribution in [0, 0.1) is 6.92 Å². The van der Waals surface area contributed by atoms with Gasteiger partial charge in [0.15, 0.2) is 5.65 Å². The lowest BCUT2D eigenvalue weighted by Gasteiger charge is -2.08. The van der Waals surface area contributed by atoms with Gasteiger partial charge >= 0.3 is 5.97 Å². The molecule has 5 aromatic rings. The van der Waals surface area contributed by atoms with E-state index in [-0.39, 0.29) is 33.2 Å². The predicted octanol–water partition coefficient (Wildman–Crippen LogP) is 3.67. The molecule has 2 aromatic heterocycles. The van der Waals surface area contributed by atoms with Crippen molar-refractivity contribution in [2.45, 2.75) is 23.3 Å². The van der Waals surface area contributed by atoms with Crippen LogP contribution in [-0.2, 0) is 21.2 Å². The molecule has 0 saturated carbocycles. The van der Waals surface area contributed by atoms with Crippen LogP contribution in [0.15, 0.2) is 93.6 Å². The highest BCUT2D eigenvalue weighted by atomic mass is 32.2. The molecule has 2 heterocycles. The number of aromatic amines is 1. The van der Waals surface area contributed by atoms with E-state index in [2.05, 4.69) is 10.1 Å². The molecule has 170 valence electrons. The quantitative estimate of drug-likeness (QED) is 0.390. The number of hydrogen-bond acceptors (Lipinski definition) is 6. The molecule has 0 fully saturated rings. The Morgan fingerprint density at radius 2 is 1.62 bits per heavy atom. The Bertz CT molecular complexity index is 1700. The Labute approximate surface area is 194 Å². The van der Waals surface area contributed by atoms with E-state index in [1.165, 1.54) is 22.8 Å². The van der Waals surface area contributed by atoms with Gasteiger partial charge < -0.3 is 9.72 Å². The van der Waals surface area contributed by atoms with Crippen molar-refractivity contribution in [2.24, 2.45) is 0 Å². The first-order valence-electron chi connectivity index (χ1n) is 10.4. The lowest BCUT2D eigenvalue weighted by atomic mass is 10.2. The maximum Gasteiger partial charge on any atom is 0.343 e. The number of rotatable bonds is 5. The van der Waals surface area contributed by atoms with E-state index in [4.69, 9.17) is 4.74 Å². The average molecular weight is 474 g/mol. The molecular formula is C25H19N3O5S. The molecule has 0 bridgehead atoms. The van der Waals surface area contributed by atoms with Crippen LogP contribution in [0.3, 0.4) is 0 Å². The Morgan fingerprint density at radius 1 is 0.971 bits per heavy atom. The van der Waals surface area contributed by atoms with E-state index >= 15 is 0 Å². The van der Waals surface area contributed by atoms with Crippen LogP contribution in [0.5, 0.6) is 0 Å². The van der Waals surface area contributed by atoms with Gasteiger partial charge in [-0.2, -0.15) is 5.10 Å². The van der Waals surface area contributed by atoms with E-state index < -0.39 is 15.8 Å². The molecule has 0 radical (unpaired) electrons. The number of H-pyrrole nitrogens is 1. The molecule has 0 unspecified atom stereocenters. The number of nitrogens with one attached hydrogen (secondary N) is 1. The summed E-state index contributed by atoms with van der Waals surface area (Å²) in [5.74, 6) is -0.655. The molecule has 0 aliphatic rings. The van der Waals surface area contributed by atoms with Gasteiger partial charge in [0.25, 0.3) is 5.56 Å². The second kappa shape index (κ2) is 8.27. The average Bonchev–Trinajstić information content (AvgIpc) is 3.27. The summed E-state index contributed by atoms with van der Waals surface area (Å²) >= 11 is 0. The van der Waals surface area contributed by atoms with Crippen molar-refractivity contribution in [3.8, 4) is 0 Å². The fourth-order valence-electron chi connectivity index (χ4n) is 3.67. The van der Waals surface area contributed by atoms with Crippen LogP contribution < -0.4 is 5.56 Å². The minimum Gasteiger partial charge on any atom is -0.457 e. The molecule has 0 spiro atoms.